The Kier molecular flexibility index (Phi) is 5.49. The predicted molar refractivity (Wildman–Crippen MR) is 100 cm³/mol. The first-order valence-corrected chi connectivity index (χ1v) is 8.41. The van der Waals surface area contributed by atoms with E-state index in [0.29, 0.717) is 35.8 Å². The summed E-state index contributed by atoms with van der Waals surface area (Å²) in [5, 5.41) is 3.82. The van der Waals surface area contributed by atoms with Gasteiger partial charge < -0.3 is 24.5 Å². The monoisotopic (exact) mass is 372 g/mol. The van der Waals surface area contributed by atoms with Gasteiger partial charge in [0, 0.05) is 29.2 Å². The van der Waals surface area contributed by atoms with E-state index in [1.807, 2.05) is 6.20 Å². The van der Waals surface area contributed by atoms with E-state index in [9.17, 15) is 9.18 Å². The summed E-state index contributed by atoms with van der Waals surface area (Å²) in [5.74, 6) is 0.732. The van der Waals surface area contributed by atoms with Crippen LogP contribution in [-0.2, 0) is 6.42 Å². The van der Waals surface area contributed by atoms with Crippen molar-refractivity contribution >= 4 is 16.8 Å². The zero-order valence-electron chi connectivity index (χ0n) is 15.4. The molecule has 3 aromatic rings. The molecule has 0 saturated heterocycles. The average Bonchev–Trinajstić information content (AvgIpc) is 3.08. The first kappa shape index (κ1) is 18.6. The molecule has 7 heteroatoms. The number of methoxy groups -OCH3 is 3. The van der Waals surface area contributed by atoms with Crippen molar-refractivity contribution in [2.24, 2.45) is 0 Å². The van der Waals surface area contributed by atoms with Crippen molar-refractivity contribution in [2.45, 2.75) is 6.42 Å². The van der Waals surface area contributed by atoms with E-state index < -0.39 is 0 Å². The molecule has 0 aliphatic rings. The number of hydrogen-bond donors (Lipinski definition) is 2. The molecule has 3 rings (SSSR count). The molecule has 2 N–H and O–H groups in total. The molecule has 0 bridgehead atoms. The Hall–Kier alpha value is -3.22. The standard InChI is InChI=1S/C20H21FN2O4/c1-25-17-8-13(9-18(26-2)19(17)27-3)20(24)22-7-6-12-11-23-16-10-14(21)4-5-15(12)16/h4-5,8-11,23H,6-7H2,1-3H3,(H,22,24). The second-order valence-corrected chi connectivity index (χ2v) is 5.92. The summed E-state index contributed by atoms with van der Waals surface area (Å²) in [5.41, 5.74) is 2.15. The third kappa shape index (κ3) is 3.81. The normalized spacial score (nSPS) is 10.7. The summed E-state index contributed by atoms with van der Waals surface area (Å²) in [6.07, 6.45) is 2.44. The Morgan fingerprint density at radius 3 is 2.41 bits per heavy atom. The zero-order valence-corrected chi connectivity index (χ0v) is 15.4. The number of carbonyl (C=O) groups is 1. The zero-order chi connectivity index (χ0) is 19.4. The first-order valence-electron chi connectivity index (χ1n) is 8.41. The van der Waals surface area contributed by atoms with Gasteiger partial charge in [0.25, 0.3) is 5.91 Å². The Bertz CT molecular complexity index is 943. The molecule has 0 saturated carbocycles. The van der Waals surface area contributed by atoms with E-state index in [0.717, 1.165) is 16.5 Å². The fourth-order valence-corrected chi connectivity index (χ4v) is 2.99. The maximum Gasteiger partial charge on any atom is 0.251 e. The fraction of sp³-hybridized carbons (Fsp3) is 0.250. The number of carbonyl (C=O) groups excluding carboxylic acids is 1. The predicted octanol–water partition coefficient (Wildman–Crippen LogP) is 3.31. The molecule has 0 spiro atoms. The third-order valence-electron chi connectivity index (χ3n) is 4.34. The van der Waals surface area contributed by atoms with Crippen LogP contribution in [0.4, 0.5) is 4.39 Å². The highest BCUT2D eigenvalue weighted by atomic mass is 19.1. The van der Waals surface area contributed by atoms with Crippen LogP contribution in [-0.4, -0.2) is 38.8 Å². The Labute approximate surface area is 156 Å². The highest BCUT2D eigenvalue weighted by Gasteiger charge is 2.17. The lowest BCUT2D eigenvalue weighted by atomic mass is 10.1. The van der Waals surface area contributed by atoms with Gasteiger partial charge >= 0.3 is 0 Å². The van der Waals surface area contributed by atoms with Gasteiger partial charge in [-0.15, -0.1) is 0 Å². The maximum atomic E-state index is 13.3. The van der Waals surface area contributed by atoms with Crippen molar-refractivity contribution in [3.63, 3.8) is 0 Å². The molecule has 0 fully saturated rings. The largest absolute Gasteiger partial charge is 0.493 e. The summed E-state index contributed by atoms with van der Waals surface area (Å²) in [6.45, 7) is 0.430. The highest BCUT2D eigenvalue weighted by molar-refractivity contribution is 5.95. The van der Waals surface area contributed by atoms with Crippen molar-refractivity contribution in [1.82, 2.24) is 10.3 Å². The van der Waals surface area contributed by atoms with E-state index in [4.69, 9.17) is 14.2 Å². The topological polar surface area (TPSA) is 72.6 Å². The molecule has 1 heterocycles. The molecule has 6 nitrogen and oxygen atoms in total. The number of aromatic amines is 1. The number of H-pyrrole nitrogens is 1. The van der Waals surface area contributed by atoms with E-state index in [-0.39, 0.29) is 11.7 Å². The van der Waals surface area contributed by atoms with Crippen LogP contribution in [0.3, 0.4) is 0 Å². The Balaban J connectivity index is 1.70. The molecule has 1 amide bonds. The van der Waals surface area contributed by atoms with Crippen LogP contribution in [0.2, 0.25) is 0 Å². The van der Waals surface area contributed by atoms with Crippen molar-refractivity contribution in [3.8, 4) is 17.2 Å². The number of aromatic nitrogens is 1. The van der Waals surface area contributed by atoms with E-state index >= 15 is 0 Å². The Morgan fingerprint density at radius 2 is 1.78 bits per heavy atom. The number of ether oxygens (including phenoxy) is 3. The smallest absolute Gasteiger partial charge is 0.251 e. The molecule has 0 unspecified atom stereocenters. The average molecular weight is 372 g/mol. The molecule has 0 aliphatic heterocycles. The molecular formula is C20H21FN2O4. The van der Waals surface area contributed by atoms with Gasteiger partial charge in [-0.05, 0) is 42.3 Å². The van der Waals surface area contributed by atoms with Crippen LogP contribution in [0.5, 0.6) is 17.2 Å². The van der Waals surface area contributed by atoms with Gasteiger partial charge in [0.1, 0.15) is 5.82 Å². The van der Waals surface area contributed by atoms with Crippen molar-refractivity contribution < 1.29 is 23.4 Å². The fourth-order valence-electron chi connectivity index (χ4n) is 2.99. The number of amides is 1. The van der Waals surface area contributed by atoms with Crippen LogP contribution in [0.25, 0.3) is 10.9 Å². The molecule has 0 atom stereocenters. The number of halogens is 1. The summed E-state index contributed by atoms with van der Waals surface area (Å²) < 4.78 is 29.1. The van der Waals surface area contributed by atoms with Gasteiger partial charge in [0.2, 0.25) is 5.75 Å². The minimum atomic E-state index is -0.286. The lowest BCUT2D eigenvalue weighted by Crippen LogP contribution is -2.25. The minimum absolute atomic E-state index is 0.250. The molecule has 27 heavy (non-hydrogen) atoms. The second-order valence-electron chi connectivity index (χ2n) is 5.92. The number of hydrogen-bond acceptors (Lipinski definition) is 4. The summed E-state index contributed by atoms with van der Waals surface area (Å²) >= 11 is 0. The van der Waals surface area contributed by atoms with Gasteiger partial charge in [-0.1, -0.05) is 0 Å². The molecular weight excluding hydrogens is 351 g/mol. The highest BCUT2D eigenvalue weighted by Crippen LogP contribution is 2.38. The second kappa shape index (κ2) is 7.99. The molecule has 142 valence electrons. The van der Waals surface area contributed by atoms with Gasteiger partial charge in [0.05, 0.1) is 21.3 Å². The molecule has 0 aliphatic carbocycles. The third-order valence-corrected chi connectivity index (χ3v) is 4.34. The van der Waals surface area contributed by atoms with Crippen LogP contribution in [0.15, 0.2) is 36.5 Å². The minimum Gasteiger partial charge on any atom is -0.493 e. The van der Waals surface area contributed by atoms with Gasteiger partial charge in [-0.25, -0.2) is 4.39 Å². The van der Waals surface area contributed by atoms with Gasteiger partial charge in [0.15, 0.2) is 11.5 Å². The summed E-state index contributed by atoms with van der Waals surface area (Å²) in [4.78, 5) is 15.5. The Morgan fingerprint density at radius 1 is 1.07 bits per heavy atom. The van der Waals surface area contributed by atoms with E-state index in [1.165, 1.54) is 33.5 Å². The number of rotatable bonds is 7. The molecule has 1 aromatic heterocycles. The lowest BCUT2D eigenvalue weighted by molar-refractivity contribution is 0.0953. The van der Waals surface area contributed by atoms with Crippen LogP contribution in [0.1, 0.15) is 15.9 Å². The number of nitrogens with one attached hydrogen (secondary N) is 2. The van der Waals surface area contributed by atoms with Gasteiger partial charge in [-0.2, -0.15) is 0 Å². The van der Waals surface area contributed by atoms with Crippen molar-refractivity contribution in [1.29, 1.82) is 0 Å². The van der Waals surface area contributed by atoms with Crippen molar-refractivity contribution in [2.75, 3.05) is 27.9 Å². The molecule has 0 radical (unpaired) electrons. The maximum absolute atomic E-state index is 13.3. The van der Waals surface area contributed by atoms with Gasteiger partial charge in [-0.3, -0.25) is 4.79 Å². The van der Waals surface area contributed by atoms with E-state index in [2.05, 4.69) is 10.3 Å². The van der Waals surface area contributed by atoms with Crippen LogP contribution >= 0.6 is 0 Å². The summed E-state index contributed by atoms with van der Waals surface area (Å²) in [7, 11) is 4.50. The van der Waals surface area contributed by atoms with Crippen LogP contribution in [0, 0.1) is 5.82 Å². The lowest BCUT2D eigenvalue weighted by Gasteiger charge is -2.14. The first-order chi connectivity index (χ1) is 13.1. The quantitative estimate of drug-likeness (QED) is 0.667. The number of fused-ring (bicyclic) bond motifs is 1. The number of benzene rings is 2. The summed E-state index contributed by atoms with van der Waals surface area (Å²) in [6, 6.07) is 7.81. The van der Waals surface area contributed by atoms with Crippen molar-refractivity contribution in [3.05, 3.63) is 53.5 Å². The van der Waals surface area contributed by atoms with Crippen LogP contribution < -0.4 is 19.5 Å². The SMILES string of the molecule is COc1cc(C(=O)NCCc2c[nH]c3cc(F)ccc23)cc(OC)c1OC. The molecule has 2 aromatic carbocycles. The van der Waals surface area contributed by atoms with E-state index in [1.54, 1.807) is 18.2 Å².